The van der Waals surface area contributed by atoms with Gasteiger partial charge in [0.05, 0.1) is 13.1 Å². The number of benzene rings is 4. The maximum Gasteiger partial charge on any atom is 0.246 e. The van der Waals surface area contributed by atoms with Crippen molar-refractivity contribution in [3.63, 3.8) is 0 Å². The lowest BCUT2D eigenvalue weighted by atomic mass is 9.96. The van der Waals surface area contributed by atoms with Crippen LogP contribution >= 0.6 is 0 Å². The minimum Gasteiger partial charge on any atom is -0.508 e. The van der Waals surface area contributed by atoms with Crippen LogP contribution in [-0.4, -0.2) is 75.0 Å². The second-order valence-corrected chi connectivity index (χ2v) is 11.6. The highest BCUT2D eigenvalue weighted by molar-refractivity contribution is 5.92. The van der Waals surface area contributed by atoms with Crippen molar-refractivity contribution in [2.45, 2.75) is 44.4 Å². The second-order valence-electron chi connectivity index (χ2n) is 11.6. The van der Waals surface area contributed by atoms with Crippen molar-refractivity contribution in [1.82, 2.24) is 19.8 Å². The lowest BCUT2D eigenvalue weighted by Gasteiger charge is -2.55. The van der Waals surface area contributed by atoms with Crippen LogP contribution in [-0.2, 0) is 27.3 Å². The van der Waals surface area contributed by atoms with E-state index in [1.807, 2.05) is 61.5 Å². The van der Waals surface area contributed by atoms with Gasteiger partial charge in [0.2, 0.25) is 17.7 Å². The quantitative estimate of drug-likeness (QED) is 0.349. The maximum absolute atomic E-state index is 14.2. The topological polar surface area (TPSA) is 84.4 Å². The molecular formula is C35H36N4O4. The van der Waals surface area contributed by atoms with Crippen LogP contribution in [0.4, 0.5) is 0 Å². The van der Waals surface area contributed by atoms with E-state index in [2.05, 4.69) is 18.2 Å². The SMILES string of the molecule is C[C@@H](CC(=O)N1C2CN(Cc3cccc4ccccc34)C(=O)[C@H](Cc3ccc(O)cc3)N2C(=O)CN1C)c1ccccc1. The van der Waals surface area contributed by atoms with E-state index in [4.69, 9.17) is 0 Å². The molecule has 2 saturated heterocycles. The molecule has 3 amide bonds. The van der Waals surface area contributed by atoms with Gasteiger partial charge in [-0.1, -0.05) is 91.9 Å². The molecular weight excluding hydrogens is 540 g/mol. The predicted octanol–water partition coefficient (Wildman–Crippen LogP) is 4.54. The number of rotatable bonds is 7. The Labute approximate surface area is 251 Å². The molecule has 2 heterocycles. The van der Waals surface area contributed by atoms with Crippen LogP contribution in [0.3, 0.4) is 0 Å². The first kappa shape index (κ1) is 28.4. The normalized spacial score (nSPS) is 19.9. The summed E-state index contributed by atoms with van der Waals surface area (Å²) in [5.41, 5.74) is 2.91. The molecule has 0 aromatic heterocycles. The Hall–Kier alpha value is -4.69. The highest BCUT2D eigenvalue weighted by Crippen LogP contribution is 2.31. The molecule has 0 bridgehead atoms. The molecule has 0 radical (unpaired) electrons. The van der Waals surface area contributed by atoms with Crippen LogP contribution in [0, 0.1) is 0 Å². The first-order valence-electron chi connectivity index (χ1n) is 14.7. The maximum atomic E-state index is 14.2. The molecule has 43 heavy (non-hydrogen) atoms. The highest BCUT2D eigenvalue weighted by Gasteiger charge is 2.50. The molecule has 6 rings (SSSR count). The second kappa shape index (κ2) is 11.9. The molecule has 2 aliphatic heterocycles. The third kappa shape index (κ3) is 5.70. The summed E-state index contributed by atoms with van der Waals surface area (Å²) in [6.07, 6.45) is -0.0942. The standard InChI is InChI=1S/C35H36N4O4/c1-24(26-9-4-3-5-10-26)19-33(41)39-32-22-37(21-28-13-8-12-27-11-6-7-14-30(27)28)35(43)31(38(32)34(42)23-36(39)2)20-25-15-17-29(40)18-16-25/h3-18,24,31-32,40H,19-23H2,1-2H3/t24-,31-,32?/m0/s1. The molecule has 1 N–H and O–H groups in total. The van der Waals surface area contributed by atoms with Crippen molar-refractivity contribution < 1.29 is 19.5 Å². The first-order valence-corrected chi connectivity index (χ1v) is 14.7. The molecule has 4 aromatic carbocycles. The van der Waals surface area contributed by atoms with Crippen LogP contribution in [0.5, 0.6) is 5.75 Å². The van der Waals surface area contributed by atoms with Crippen molar-refractivity contribution in [3.05, 3.63) is 114 Å². The summed E-state index contributed by atoms with van der Waals surface area (Å²) in [7, 11) is 1.76. The lowest BCUT2D eigenvalue weighted by Crippen LogP contribution is -2.75. The number of hydrogen-bond donors (Lipinski definition) is 1. The minimum absolute atomic E-state index is 0.00460. The minimum atomic E-state index is -0.790. The van der Waals surface area contributed by atoms with Gasteiger partial charge in [0.15, 0.2) is 0 Å². The lowest BCUT2D eigenvalue weighted by molar-refractivity contribution is -0.203. The molecule has 2 fully saturated rings. The van der Waals surface area contributed by atoms with Gasteiger partial charge in [-0.15, -0.1) is 0 Å². The number of piperazine rings is 1. The fourth-order valence-corrected chi connectivity index (χ4v) is 6.46. The summed E-state index contributed by atoms with van der Waals surface area (Å²) >= 11 is 0. The number of phenols is 1. The number of carbonyl (C=O) groups is 3. The zero-order valence-electron chi connectivity index (χ0n) is 24.5. The number of likely N-dealkylation sites (N-methyl/N-ethyl adjacent to an activating group) is 1. The number of hydrazine groups is 1. The van der Waals surface area contributed by atoms with Crippen molar-refractivity contribution in [2.75, 3.05) is 20.1 Å². The number of carbonyl (C=O) groups excluding carboxylic acids is 3. The Balaban J connectivity index is 1.35. The first-order chi connectivity index (χ1) is 20.8. The molecule has 0 saturated carbocycles. The van der Waals surface area contributed by atoms with Gasteiger partial charge in [0.1, 0.15) is 18.0 Å². The van der Waals surface area contributed by atoms with Crippen LogP contribution in [0.2, 0.25) is 0 Å². The Kier molecular flexibility index (Phi) is 7.86. The molecule has 220 valence electrons. The summed E-state index contributed by atoms with van der Waals surface area (Å²) in [5.74, 6) is -0.314. The molecule has 3 atom stereocenters. The highest BCUT2D eigenvalue weighted by atomic mass is 16.3. The van der Waals surface area contributed by atoms with E-state index in [0.29, 0.717) is 6.54 Å². The average Bonchev–Trinajstić information content (AvgIpc) is 3.00. The van der Waals surface area contributed by atoms with Crippen molar-refractivity contribution in [2.24, 2.45) is 0 Å². The summed E-state index contributed by atoms with van der Waals surface area (Å²) in [5, 5.41) is 15.4. The van der Waals surface area contributed by atoms with Crippen molar-refractivity contribution in [3.8, 4) is 5.75 Å². The monoisotopic (exact) mass is 576 g/mol. The predicted molar refractivity (Wildman–Crippen MR) is 165 cm³/mol. The van der Waals surface area contributed by atoms with Crippen LogP contribution < -0.4 is 0 Å². The Morgan fingerprint density at radius 2 is 1.60 bits per heavy atom. The smallest absolute Gasteiger partial charge is 0.246 e. The van der Waals surface area contributed by atoms with Gasteiger partial charge in [0.25, 0.3) is 0 Å². The van der Waals surface area contributed by atoms with Crippen LogP contribution in [0.25, 0.3) is 10.8 Å². The van der Waals surface area contributed by atoms with Gasteiger partial charge in [0, 0.05) is 26.4 Å². The van der Waals surface area contributed by atoms with E-state index in [1.54, 1.807) is 51.1 Å². The van der Waals surface area contributed by atoms with Gasteiger partial charge >= 0.3 is 0 Å². The van der Waals surface area contributed by atoms with E-state index in [1.165, 1.54) is 0 Å². The summed E-state index contributed by atoms with van der Waals surface area (Å²) in [6.45, 7) is 2.60. The van der Waals surface area contributed by atoms with Gasteiger partial charge in [-0.05, 0) is 45.5 Å². The van der Waals surface area contributed by atoms with Gasteiger partial charge in [-0.2, -0.15) is 0 Å². The van der Waals surface area contributed by atoms with E-state index in [9.17, 15) is 19.5 Å². The molecule has 1 unspecified atom stereocenters. The van der Waals surface area contributed by atoms with E-state index >= 15 is 0 Å². The fourth-order valence-electron chi connectivity index (χ4n) is 6.46. The Bertz CT molecular complexity index is 1640. The number of amides is 3. The largest absolute Gasteiger partial charge is 0.508 e. The molecule has 8 nitrogen and oxygen atoms in total. The number of hydrogen-bond acceptors (Lipinski definition) is 5. The van der Waals surface area contributed by atoms with Gasteiger partial charge in [-0.25, -0.2) is 5.01 Å². The molecule has 8 heteroatoms. The molecule has 2 aliphatic rings. The van der Waals surface area contributed by atoms with E-state index in [0.717, 1.165) is 27.5 Å². The Morgan fingerprint density at radius 1 is 0.907 bits per heavy atom. The number of nitrogens with zero attached hydrogens (tertiary/aromatic N) is 4. The van der Waals surface area contributed by atoms with Crippen LogP contribution in [0.15, 0.2) is 97.1 Å². The van der Waals surface area contributed by atoms with Gasteiger partial charge < -0.3 is 14.9 Å². The average molecular weight is 577 g/mol. The summed E-state index contributed by atoms with van der Waals surface area (Å²) in [4.78, 5) is 45.3. The van der Waals surface area contributed by atoms with Crippen molar-refractivity contribution in [1.29, 1.82) is 0 Å². The fraction of sp³-hybridized carbons (Fsp3) is 0.286. The Morgan fingerprint density at radius 3 is 2.37 bits per heavy atom. The van der Waals surface area contributed by atoms with Gasteiger partial charge in [-0.3, -0.25) is 19.4 Å². The van der Waals surface area contributed by atoms with Crippen LogP contribution in [0.1, 0.15) is 36.0 Å². The zero-order valence-corrected chi connectivity index (χ0v) is 24.5. The third-order valence-corrected chi connectivity index (χ3v) is 8.65. The number of aromatic hydroxyl groups is 1. The summed E-state index contributed by atoms with van der Waals surface area (Å²) < 4.78 is 0. The number of phenolic OH excluding ortho intramolecular Hbond substituents is 1. The third-order valence-electron chi connectivity index (χ3n) is 8.65. The van der Waals surface area contributed by atoms with E-state index in [-0.39, 0.29) is 55.3 Å². The van der Waals surface area contributed by atoms with Crippen molar-refractivity contribution >= 4 is 28.5 Å². The molecule has 0 spiro atoms. The van der Waals surface area contributed by atoms with E-state index < -0.39 is 12.2 Å². The summed E-state index contributed by atoms with van der Waals surface area (Å²) in [6, 6.07) is 30.0. The molecule has 0 aliphatic carbocycles. The zero-order chi connectivity index (χ0) is 30.1. The number of fused-ring (bicyclic) bond motifs is 2. The molecule has 4 aromatic rings.